The molecule has 0 aromatic carbocycles. The molecule has 0 N–H and O–H groups in total. The van der Waals surface area contributed by atoms with E-state index < -0.39 is 0 Å². The molecule has 0 amide bonds. The Hall–Kier alpha value is -3.29. The number of aliphatic imine (C=N–C) groups is 1. The molecule has 0 aliphatic carbocycles. The van der Waals surface area contributed by atoms with Gasteiger partial charge < -0.3 is 13.9 Å². The summed E-state index contributed by atoms with van der Waals surface area (Å²) in [6.07, 6.45) is 4.55. The number of rotatable bonds is 5. The molecule has 25 heavy (non-hydrogen) atoms. The zero-order valence-corrected chi connectivity index (χ0v) is 13.8. The normalized spacial score (nSPS) is 12.6. The third kappa shape index (κ3) is 2.93. The van der Waals surface area contributed by atoms with Gasteiger partial charge in [-0.1, -0.05) is 0 Å². The van der Waals surface area contributed by atoms with Gasteiger partial charge in [0.1, 0.15) is 5.69 Å². The molecule has 0 saturated heterocycles. The lowest BCUT2D eigenvalue weighted by Gasteiger charge is -2.01. The molecule has 0 unspecified atom stereocenters. The second-order valence-electron chi connectivity index (χ2n) is 5.45. The summed E-state index contributed by atoms with van der Waals surface area (Å²) in [5.41, 5.74) is 3.53. The zero-order valence-electron chi connectivity index (χ0n) is 13.8. The summed E-state index contributed by atoms with van der Waals surface area (Å²) in [5.74, 6) is 1.98. The molecular weight excluding hydrogens is 322 g/mol. The molecule has 8 heteroatoms. The largest absolute Gasteiger partial charge is 0.481 e. The van der Waals surface area contributed by atoms with E-state index >= 15 is 0 Å². The van der Waals surface area contributed by atoms with Gasteiger partial charge in [-0.2, -0.15) is 0 Å². The van der Waals surface area contributed by atoms with Crippen molar-refractivity contribution in [3.63, 3.8) is 0 Å². The Labute approximate surface area is 143 Å². The predicted molar refractivity (Wildman–Crippen MR) is 89.4 cm³/mol. The van der Waals surface area contributed by atoms with Crippen LogP contribution in [-0.2, 0) is 12.8 Å². The van der Waals surface area contributed by atoms with Crippen molar-refractivity contribution in [3.05, 3.63) is 42.0 Å². The second-order valence-corrected chi connectivity index (χ2v) is 5.45. The van der Waals surface area contributed by atoms with Gasteiger partial charge in [-0.3, -0.25) is 4.99 Å². The Kier molecular flexibility index (Phi) is 3.85. The van der Waals surface area contributed by atoms with Crippen LogP contribution >= 0.6 is 0 Å². The molecule has 1 aliphatic heterocycles. The Balaban J connectivity index is 1.52. The Morgan fingerprint density at radius 3 is 2.76 bits per heavy atom. The highest BCUT2D eigenvalue weighted by molar-refractivity contribution is 5.95. The number of methoxy groups -OCH3 is 2. The van der Waals surface area contributed by atoms with E-state index in [9.17, 15) is 0 Å². The summed E-state index contributed by atoms with van der Waals surface area (Å²) in [6.45, 7) is 0. The van der Waals surface area contributed by atoms with E-state index in [-0.39, 0.29) is 0 Å². The maximum Gasteiger partial charge on any atom is 0.249 e. The lowest BCUT2D eigenvalue weighted by atomic mass is 10.1. The fourth-order valence-corrected chi connectivity index (χ4v) is 2.65. The SMILES string of the molecule is COc1ccc(-c2nnc(CC3=Nc4c(ccnc4OC)C3)o2)cn1. The maximum atomic E-state index is 5.73. The molecule has 0 radical (unpaired) electrons. The fourth-order valence-electron chi connectivity index (χ4n) is 2.65. The highest BCUT2D eigenvalue weighted by Gasteiger charge is 2.21. The van der Waals surface area contributed by atoms with E-state index in [1.54, 1.807) is 32.7 Å². The number of aromatic nitrogens is 4. The Bertz CT molecular complexity index is 934. The quantitative estimate of drug-likeness (QED) is 0.705. The number of pyridine rings is 2. The van der Waals surface area contributed by atoms with Crippen LogP contribution in [0.5, 0.6) is 11.8 Å². The number of hydrogen-bond donors (Lipinski definition) is 0. The van der Waals surface area contributed by atoms with Crippen LogP contribution in [0, 0.1) is 0 Å². The van der Waals surface area contributed by atoms with Crippen molar-refractivity contribution in [2.24, 2.45) is 4.99 Å². The summed E-state index contributed by atoms with van der Waals surface area (Å²) < 4.78 is 16.0. The van der Waals surface area contributed by atoms with E-state index in [0.29, 0.717) is 30.0 Å². The van der Waals surface area contributed by atoms with Crippen LogP contribution in [0.15, 0.2) is 40.0 Å². The smallest absolute Gasteiger partial charge is 0.249 e. The van der Waals surface area contributed by atoms with E-state index in [4.69, 9.17) is 13.9 Å². The lowest BCUT2D eigenvalue weighted by molar-refractivity contribution is 0.398. The van der Waals surface area contributed by atoms with Crippen LogP contribution in [0.1, 0.15) is 11.5 Å². The maximum absolute atomic E-state index is 5.73. The Morgan fingerprint density at radius 2 is 2.00 bits per heavy atom. The third-order valence-electron chi connectivity index (χ3n) is 3.85. The van der Waals surface area contributed by atoms with Gasteiger partial charge >= 0.3 is 0 Å². The predicted octanol–water partition coefficient (Wildman–Crippen LogP) is 2.42. The minimum Gasteiger partial charge on any atom is -0.481 e. The van der Waals surface area contributed by atoms with Crippen LogP contribution in [0.2, 0.25) is 0 Å². The number of hydrogen-bond acceptors (Lipinski definition) is 8. The first-order chi connectivity index (χ1) is 12.3. The van der Waals surface area contributed by atoms with Crippen molar-refractivity contribution < 1.29 is 13.9 Å². The van der Waals surface area contributed by atoms with E-state index in [1.165, 1.54) is 0 Å². The van der Waals surface area contributed by atoms with Gasteiger partial charge in [-0.25, -0.2) is 9.97 Å². The van der Waals surface area contributed by atoms with Crippen LogP contribution < -0.4 is 9.47 Å². The first-order valence-electron chi connectivity index (χ1n) is 7.68. The molecular formula is C17H15N5O3. The van der Waals surface area contributed by atoms with E-state index in [0.717, 1.165) is 28.9 Å². The summed E-state index contributed by atoms with van der Waals surface area (Å²) in [7, 11) is 3.15. The molecule has 4 rings (SSSR count). The highest BCUT2D eigenvalue weighted by Crippen LogP contribution is 2.34. The fraction of sp³-hybridized carbons (Fsp3) is 0.235. The molecule has 4 heterocycles. The third-order valence-corrected chi connectivity index (χ3v) is 3.85. The summed E-state index contributed by atoms with van der Waals surface area (Å²) in [5, 5.41) is 8.18. The minimum atomic E-state index is 0.417. The average Bonchev–Trinajstić information content (AvgIpc) is 3.28. The molecule has 3 aromatic rings. The van der Waals surface area contributed by atoms with E-state index in [2.05, 4.69) is 25.2 Å². The molecule has 8 nitrogen and oxygen atoms in total. The Morgan fingerprint density at radius 1 is 1.08 bits per heavy atom. The van der Waals surface area contributed by atoms with Crippen LogP contribution in [0.25, 0.3) is 11.5 Å². The molecule has 0 atom stereocenters. The minimum absolute atomic E-state index is 0.417. The molecule has 0 fully saturated rings. The van der Waals surface area contributed by atoms with Gasteiger partial charge in [0.15, 0.2) is 0 Å². The topological polar surface area (TPSA) is 95.5 Å². The van der Waals surface area contributed by atoms with Gasteiger partial charge in [0, 0.05) is 30.6 Å². The number of ether oxygens (including phenoxy) is 2. The van der Waals surface area contributed by atoms with Crippen LogP contribution in [0.4, 0.5) is 5.69 Å². The molecule has 3 aromatic heterocycles. The van der Waals surface area contributed by atoms with Gasteiger partial charge in [0.2, 0.25) is 23.5 Å². The average molecular weight is 337 g/mol. The number of nitrogens with zero attached hydrogens (tertiary/aromatic N) is 5. The van der Waals surface area contributed by atoms with E-state index in [1.807, 2.05) is 12.1 Å². The molecule has 0 spiro atoms. The standard InChI is InChI=1S/C17H15N5O3/c1-23-13-4-3-11(9-19-13)16-22-21-14(25-16)8-12-7-10-5-6-18-17(24-2)15(10)20-12/h3-6,9H,7-8H2,1-2H3. The lowest BCUT2D eigenvalue weighted by Crippen LogP contribution is -2.02. The first-order valence-corrected chi connectivity index (χ1v) is 7.68. The van der Waals surface area contributed by atoms with Crippen molar-refractivity contribution in [1.82, 2.24) is 20.2 Å². The first kappa shape index (κ1) is 15.3. The molecule has 0 saturated carbocycles. The summed E-state index contributed by atoms with van der Waals surface area (Å²) in [4.78, 5) is 12.9. The van der Waals surface area contributed by atoms with Crippen molar-refractivity contribution in [3.8, 4) is 23.2 Å². The second kappa shape index (κ2) is 6.31. The monoisotopic (exact) mass is 337 g/mol. The van der Waals surface area contributed by atoms with Crippen molar-refractivity contribution in [2.75, 3.05) is 14.2 Å². The van der Waals surface area contributed by atoms with Crippen LogP contribution in [0.3, 0.4) is 0 Å². The highest BCUT2D eigenvalue weighted by atomic mass is 16.5. The van der Waals surface area contributed by atoms with Gasteiger partial charge in [0.25, 0.3) is 0 Å². The molecule has 0 bridgehead atoms. The zero-order chi connectivity index (χ0) is 17.2. The summed E-state index contributed by atoms with van der Waals surface area (Å²) >= 11 is 0. The van der Waals surface area contributed by atoms with Crippen molar-refractivity contribution in [1.29, 1.82) is 0 Å². The summed E-state index contributed by atoms with van der Waals surface area (Å²) in [6, 6.07) is 5.51. The molecule has 1 aliphatic rings. The van der Waals surface area contributed by atoms with Crippen molar-refractivity contribution >= 4 is 11.4 Å². The van der Waals surface area contributed by atoms with Gasteiger partial charge in [0.05, 0.1) is 26.2 Å². The van der Waals surface area contributed by atoms with Gasteiger partial charge in [-0.05, 0) is 17.7 Å². The molecule has 126 valence electrons. The van der Waals surface area contributed by atoms with Crippen molar-refractivity contribution in [2.45, 2.75) is 12.8 Å². The van der Waals surface area contributed by atoms with Crippen LogP contribution in [-0.4, -0.2) is 40.1 Å². The number of fused-ring (bicyclic) bond motifs is 1. The van der Waals surface area contributed by atoms with Gasteiger partial charge in [-0.15, -0.1) is 10.2 Å².